The van der Waals surface area contributed by atoms with Crippen molar-refractivity contribution in [3.63, 3.8) is 0 Å². The Bertz CT molecular complexity index is 807. The third kappa shape index (κ3) is 3.68. The van der Waals surface area contributed by atoms with Crippen LogP contribution in [-0.4, -0.2) is 11.0 Å². The highest BCUT2D eigenvalue weighted by molar-refractivity contribution is 5.84. The van der Waals surface area contributed by atoms with Gasteiger partial charge >= 0.3 is 0 Å². The van der Waals surface area contributed by atoms with Gasteiger partial charge in [0.1, 0.15) is 0 Å². The maximum Gasteiger partial charge on any atom is 0.0533 e. The summed E-state index contributed by atoms with van der Waals surface area (Å²) in [6, 6.07) is 21.9. The Morgan fingerprint density at radius 2 is 1.52 bits per heavy atom. The molecule has 0 amide bonds. The van der Waals surface area contributed by atoms with Crippen molar-refractivity contribution in [2.45, 2.75) is 50.5 Å². The number of nitrogens with zero attached hydrogens (tertiary/aromatic N) is 1. The SMILES string of the molecule is c1ccc(N[C@H]2CCCCCC[C@@H]2c2nccc3ccccc23)cc1. The molecule has 1 N–H and O–H groups in total. The van der Waals surface area contributed by atoms with E-state index < -0.39 is 0 Å². The van der Waals surface area contributed by atoms with Crippen molar-refractivity contribution in [3.8, 4) is 0 Å². The van der Waals surface area contributed by atoms with Gasteiger partial charge in [0.25, 0.3) is 0 Å². The molecule has 0 bridgehead atoms. The van der Waals surface area contributed by atoms with Gasteiger partial charge in [0.05, 0.1) is 5.69 Å². The second-order valence-corrected chi connectivity index (χ2v) is 7.13. The molecule has 2 heteroatoms. The number of hydrogen-bond donors (Lipinski definition) is 1. The molecule has 1 aromatic heterocycles. The van der Waals surface area contributed by atoms with Crippen LogP contribution in [0.15, 0.2) is 66.9 Å². The first kappa shape index (κ1) is 16.1. The molecule has 0 aliphatic heterocycles. The second-order valence-electron chi connectivity index (χ2n) is 7.13. The van der Waals surface area contributed by atoms with E-state index in [0.29, 0.717) is 12.0 Å². The minimum Gasteiger partial charge on any atom is -0.382 e. The van der Waals surface area contributed by atoms with Gasteiger partial charge in [-0.15, -0.1) is 0 Å². The molecule has 3 aromatic rings. The van der Waals surface area contributed by atoms with Crippen molar-refractivity contribution in [1.29, 1.82) is 0 Å². The summed E-state index contributed by atoms with van der Waals surface area (Å²) >= 11 is 0. The smallest absolute Gasteiger partial charge is 0.0533 e. The molecular formula is C23H26N2. The topological polar surface area (TPSA) is 24.9 Å². The number of anilines is 1. The van der Waals surface area contributed by atoms with E-state index in [4.69, 9.17) is 4.98 Å². The Kier molecular flexibility index (Phi) is 4.96. The number of para-hydroxylation sites is 1. The molecule has 128 valence electrons. The maximum absolute atomic E-state index is 4.85. The van der Waals surface area contributed by atoms with Crippen molar-refractivity contribution in [2.75, 3.05) is 5.32 Å². The predicted octanol–water partition coefficient (Wildman–Crippen LogP) is 6.15. The standard InChI is InChI=1S/C23H26N2/c1-2-7-15-22(25-19-11-4-3-5-12-19)21(14-6-1)23-20-13-9-8-10-18(20)16-17-24-23/h3-5,8-13,16-17,21-22,25H,1-2,6-7,14-15H2/t21-,22-/m0/s1. The van der Waals surface area contributed by atoms with E-state index in [2.05, 4.69) is 66.0 Å². The molecule has 1 saturated carbocycles. The van der Waals surface area contributed by atoms with Gasteiger partial charge in [-0.05, 0) is 36.4 Å². The first-order chi connectivity index (χ1) is 12.4. The third-order valence-corrected chi connectivity index (χ3v) is 5.45. The predicted molar refractivity (Wildman–Crippen MR) is 106 cm³/mol. The fourth-order valence-corrected chi connectivity index (χ4v) is 4.17. The summed E-state index contributed by atoms with van der Waals surface area (Å²) in [7, 11) is 0. The highest BCUT2D eigenvalue weighted by atomic mass is 14.9. The summed E-state index contributed by atoms with van der Waals surface area (Å²) in [6.45, 7) is 0. The molecule has 0 radical (unpaired) electrons. The molecule has 0 unspecified atom stereocenters. The van der Waals surface area contributed by atoms with Crippen molar-refractivity contribution >= 4 is 16.5 Å². The zero-order chi connectivity index (χ0) is 16.9. The highest BCUT2D eigenvalue weighted by Gasteiger charge is 2.26. The third-order valence-electron chi connectivity index (χ3n) is 5.45. The maximum atomic E-state index is 4.85. The molecule has 2 atom stereocenters. The quantitative estimate of drug-likeness (QED) is 0.622. The van der Waals surface area contributed by atoms with Crippen molar-refractivity contribution in [3.05, 3.63) is 72.6 Å². The van der Waals surface area contributed by atoms with Crippen LogP contribution in [-0.2, 0) is 0 Å². The fourth-order valence-electron chi connectivity index (χ4n) is 4.17. The molecule has 0 saturated heterocycles. The van der Waals surface area contributed by atoms with Gasteiger partial charge in [-0.3, -0.25) is 4.98 Å². The summed E-state index contributed by atoms with van der Waals surface area (Å²) in [5.74, 6) is 0.464. The first-order valence-electron chi connectivity index (χ1n) is 9.57. The monoisotopic (exact) mass is 330 g/mol. The largest absolute Gasteiger partial charge is 0.382 e. The summed E-state index contributed by atoms with van der Waals surface area (Å²) in [5.41, 5.74) is 2.49. The lowest BCUT2D eigenvalue weighted by Gasteiger charge is -2.31. The fraction of sp³-hybridized carbons (Fsp3) is 0.348. The Hall–Kier alpha value is -2.35. The van der Waals surface area contributed by atoms with Crippen molar-refractivity contribution in [2.24, 2.45) is 0 Å². The number of benzene rings is 2. The van der Waals surface area contributed by atoms with E-state index in [0.717, 1.165) is 0 Å². The number of nitrogens with one attached hydrogen (secondary N) is 1. The van der Waals surface area contributed by atoms with Gasteiger partial charge in [0, 0.05) is 29.2 Å². The van der Waals surface area contributed by atoms with Crippen molar-refractivity contribution < 1.29 is 0 Å². The van der Waals surface area contributed by atoms with E-state index in [1.807, 2.05) is 6.20 Å². The van der Waals surface area contributed by atoms with Crippen LogP contribution in [0.2, 0.25) is 0 Å². The van der Waals surface area contributed by atoms with E-state index in [1.165, 1.54) is 60.7 Å². The minimum atomic E-state index is 0.445. The Balaban J connectivity index is 1.71. The number of fused-ring (bicyclic) bond motifs is 1. The van der Waals surface area contributed by atoms with Crippen molar-refractivity contribution in [1.82, 2.24) is 4.98 Å². The van der Waals surface area contributed by atoms with Gasteiger partial charge < -0.3 is 5.32 Å². The lowest BCUT2D eigenvalue weighted by Crippen LogP contribution is -2.29. The van der Waals surface area contributed by atoms with E-state index in [9.17, 15) is 0 Å². The molecule has 1 aliphatic carbocycles. The van der Waals surface area contributed by atoms with Crippen LogP contribution in [0.1, 0.15) is 50.1 Å². The van der Waals surface area contributed by atoms with Gasteiger partial charge in [0.2, 0.25) is 0 Å². The number of rotatable bonds is 3. The van der Waals surface area contributed by atoms with Crippen LogP contribution in [0, 0.1) is 0 Å². The summed E-state index contributed by atoms with van der Waals surface area (Å²) in [6.07, 6.45) is 9.70. The summed E-state index contributed by atoms with van der Waals surface area (Å²) in [4.78, 5) is 4.85. The lowest BCUT2D eigenvalue weighted by atomic mass is 9.82. The highest BCUT2D eigenvalue weighted by Crippen LogP contribution is 2.35. The molecule has 2 aromatic carbocycles. The average molecular weight is 330 g/mol. The van der Waals surface area contributed by atoms with E-state index >= 15 is 0 Å². The average Bonchev–Trinajstić information content (AvgIpc) is 2.65. The van der Waals surface area contributed by atoms with E-state index in [-0.39, 0.29) is 0 Å². The summed E-state index contributed by atoms with van der Waals surface area (Å²) in [5, 5.41) is 6.44. The molecule has 0 spiro atoms. The van der Waals surface area contributed by atoms with Gasteiger partial charge in [-0.25, -0.2) is 0 Å². The van der Waals surface area contributed by atoms with Crippen LogP contribution in [0.25, 0.3) is 10.8 Å². The lowest BCUT2D eigenvalue weighted by molar-refractivity contribution is 0.418. The Morgan fingerprint density at radius 1 is 0.760 bits per heavy atom. The zero-order valence-electron chi connectivity index (χ0n) is 14.7. The van der Waals surface area contributed by atoms with Crippen LogP contribution in [0.3, 0.4) is 0 Å². The molecule has 25 heavy (non-hydrogen) atoms. The second kappa shape index (κ2) is 7.69. The molecule has 2 nitrogen and oxygen atoms in total. The normalized spacial score (nSPS) is 21.4. The summed E-state index contributed by atoms with van der Waals surface area (Å²) < 4.78 is 0. The minimum absolute atomic E-state index is 0.445. The number of aromatic nitrogens is 1. The molecule has 1 fully saturated rings. The van der Waals surface area contributed by atoms with Gasteiger partial charge in [0.15, 0.2) is 0 Å². The van der Waals surface area contributed by atoms with Crippen LogP contribution < -0.4 is 5.32 Å². The number of hydrogen-bond acceptors (Lipinski definition) is 2. The van der Waals surface area contributed by atoms with Gasteiger partial charge in [-0.1, -0.05) is 68.1 Å². The Morgan fingerprint density at radius 3 is 2.40 bits per heavy atom. The zero-order valence-corrected chi connectivity index (χ0v) is 14.7. The Labute approximate surface area is 150 Å². The molecule has 1 aliphatic rings. The number of pyridine rings is 1. The first-order valence-corrected chi connectivity index (χ1v) is 9.57. The molecule has 1 heterocycles. The molecule has 4 rings (SSSR count). The van der Waals surface area contributed by atoms with Crippen LogP contribution >= 0.6 is 0 Å². The van der Waals surface area contributed by atoms with Crippen LogP contribution in [0.4, 0.5) is 5.69 Å². The van der Waals surface area contributed by atoms with Gasteiger partial charge in [-0.2, -0.15) is 0 Å². The van der Waals surface area contributed by atoms with Crippen LogP contribution in [0.5, 0.6) is 0 Å². The molecular weight excluding hydrogens is 304 g/mol. The van der Waals surface area contributed by atoms with E-state index in [1.54, 1.807) is 0 Å².